The van der Waals surface area contributed by atoms with Crippen LogP contribution in [-0.4, -0.2) is 37.3 Å². The molecule has 8 heteroatoms. The van der Waals surface area contributed by atoms with Gasteiger partial charge in [-0.15, -0.1) is 10.2 Å². The van der Waals surface area contributed by atoms with Gasteiger partial charge in [0.2, 0.25) is 0 Å². The number of ether oxygens (including phenoxy) is 1. The Morgan fingerprint density at radius 2 is 2.53 bits per heavy atom. The molecular weight excluding hydrogens is 218 g/mol. The normalized spacial score (nSPS) is 10.2. The number of hydrogen-bond acceptors (Lipinski definition) is 7. The number of carbonyl (C=O) groups is 1. The molecule has 0 atom stereocenters. The fraction of sp³-hybridized carbons (Fsp3) is 0.286. The third-order valence-corrected chi connectivity index (χ3v) is 2.21. The lowest BCUT2D eigenvalue weighted by atomic mass is 10.5. The van der Waals surface area contributed by atoms with Gasteiger partial charge in [0.05, 0.1) is 12.8 Å². The van der Waals surface area contributed by atoms with Crippen molar-refractivity contribution in [3.8, 4) is 10.7 Å². The van der Waals surface area contributed by atoms with Gasteiger partial charge in [0.25, 0.3) is 5.82 Å². The highest BCUT2D eigenvalue weighted by molar-refractivity contribution is 7.09. The Morgan fingerprint density at radius 1 is 1.67 bits per heavy atom. The summed E-state index contributed by atoms with van der Waals surface area (Å²) in [6, 6.07) is 0. The van der Waals surface area contributed by atoms with E-state index in [0.29, 0.717) is 12.4 Å². The molecule has 2 aromatic heterocycles. The molecule has 15 heavy (non-hydrogen) atoms. The number of rotatable bonds is 3. The summed E-state index contributed by atoms with van der Waals surface area (Å²) in [4.78, 5) is 15.9. The van der Waals surface area contributed by atoms with Crippen LogP contribution < -0.4 is 0 Å². The third-order valence-electron chi connectivity index (χ3n) is 1.54. The zero-order valence-electron chi connectivity index (χ0n) is 7.80. The Bertz CT molecular complexity index is 452. The fourth-order valence-corrected chi connectivity index (χ4v) is 1.38. The van der Waals surface area contributed by atoms with Crippen molar-refractivity contribution in [1.29, 1.82) is 0 Å². The predicted molar refractivity (Wildman–Crippen MR) is 51.2 cm³/mol. The molecule has 0 saturated heterocycles. The van der Waals surface area contributed by atoms with E-state index in [1.165, 1.54) is 11.5 Å². The van der Waals surface area contributed by atoms with Crippen molar-refractivity contribution in [1.82, 2.24) is 24.8 Å². The third kappa shape index (κ3) is 1.99. The van der Waals surface area contributed by atoms with Crippen LogP contribution in [0.3, 0.4) is 0 Å². The lowest BCUT2D eigenvalue weighted by molar-refractivity contribution is 0.0512. The molecule has 7 nitrogen and oxygen atoms in total. The van der Waals surface area contributed by atoms with Crippen molar-refractivity contribution in [3.05, 3.63) is 12.0 Å². The molecule has 0 aliphatic heterocycles. The Kier molecular flexibility index (Phi) is 2.68. The number of aromatic nitrogens is 5. The summed E-state index contributed by atoms with van der Waals surface area (Å²) in [6.45, 7) is 2.02. The number of carbonyl (C=O) groups excluding carboxylic acids is 1. The second-order valence-electron chi connectivity index (χ2n) is 2.51. The lowest BCUT2D eigenvalue weighted by Crippen LogP contribution is -2.06. The van der Waals surface area contributed by atoms with E-state index < -0.39 is 5.97 Å². The smallest absolute Gasteiger partial charge is 0.378 e. The molecule has 0 fully saturated rings. The Labute approximate surface area is 88.7 Å². The van der Waals surface area contributed by atoms with E-state index in [-0.39, 0.29) is 5.82 Å². The molecule has 2 rings (SSSR count). The van der Waals surface area contributed by atoms with Crippen molar-refractivity contribution in [2.24, 2.45) is 0 Å². The molecular formula is C7H7N5O2S. The highest BCUT2D eigenvalue weighted by Gasteiger charge is 2.14. The first-order chi connectivity index (χ1) is 7.31. The van der Waals surface area contributed by atoms with Crippen LogP contribution in [0.15, 0.2) is 6.20 Å². The van der Waals surface area contributed by atoms with Crippen LogP contribution in [0.5, 0.6) is 0 Å². The highest BCUT2D eigenvalue weighted by Crippen LogP contribution is 2.16. The summed E-state index contributed by atoms with van der Waals surface area (Å²) in [7, 11) is 0. The summed E-state index contributed by atoms with van der Waals surface area (Å²) in [6.07, 6.45) is 1.54. The van der Waals surface area contributed by atoms with Crippen LogP contribution in [0.2, 0.25) is 0 Å². The van der Waals surface area contributed by atoms with Gasteiger partial charge in [-0.05, 0) is 18.5 Å². The Balaban J connectivity index is 2.21. The first-order valence-electron chi connectivity index (χ1n) is 4.18. The van der Waals surface area contributed by atoms with Gasteiger partial charge in [0, 0.05) is 0 Å². The molecule has 78 valence electrons. The molecule has 2 heterocycles. The van der Waals surface area contributed by atoms with Gasteiger partial charge < -0.3 is 4.74 Å². The minimum absolute atomic E-state index is 0.0141. The molecule has 0 bridgehead atoms. The number of aromatic amines is 1. The number of H-pyrrole nitrogens is 1. The van der Waals surface area contributed by atoms with Crippen molar-refractivity contribution in [2.75, 3.05) is 6.61 Å². The summed E-state index contributed by atoms with van der Waals surface area (Å²) in [5.41, 5.74) is 0. The van der Waals surface area contributed by atoms with E-state index >= 15 is 0 Å². The van der Waals surface area contributed by atoms with E-state index in [1.807, 2.05) is 0 Å². The van der Waals surface area contributed by atoms with Crippen LogP contribution in [0.25, 0.3) is 10.7 Å². The molecule has 0 aliphatic carbocycles. The van der Waals surface area contributed by atoms with Crippen LogP contribution >= 0.6 is 11.5 Å². The maximum absolute atomic E-state index is 11.2. The van der Waals surface area contributed by atoms with E-state index in [4.69, 9.17) is 4.74 Å². The van der Waals surface area contributed by atoms with E-state index in [9.17, 15) is 4.79 Å². The average Bonchev–Trinajstić information content (AvgIpc) is 2.89. The SMILES string of the molecule is CCOC(=O)c1n[nH]c(-c2cnns2)n1. The molecule has 0 aliphatic rings. The standard InChI is InChI=1S/C7H7N5O2S/c1-2-14-7(13)6-9-5(10-11-6)4-3-8-12-15-4/h3H,2H2,1H3,(H,9,10,11). The first-order valence-corrected chi connectivity index (χ1v) is 4.96. The van der Waals surface area contributed by atoms with Gasteiger partial charge in [-0.3, -0.25) is 5.10 Å². The van der Waals surface area contributed by atoms with Crippen LogP contribution in [-0.2, 0) is 4.74 Å². The number of nitrogens with one attached hydrogen (secondary N) is 1. The average molecular weight is 225 g/mol. The number of esters is 1. The Hall–Kier alpha value is -1.83. The highest BCUT2D eigenvalue weighted by atomic mass is 32.1. The van der Waals surface area contributed by atoms with Crippen molar-refractivity contribution >= 4 is 17.5 Å². The summed E-state index contributed by atoms with van der Waals surface area (Å²) in [5.74, 6) is -0.0641. The quantitative estimate of drug-likeness (QED) is 0.764. The monoisotopic (exact) mass is 225 g/mol. The summed E-state index contributed by atoms with van der Waals surface area (Å²) < 4.78 is 8.42. The molecule has 0 radical (unpaired) electrons. The fourth-order valence-electron chi connectivity index (χ4n) is 0.930. The topological polar surface area (TPSA) is 93.7 Å². The minimum atomic E-state index is -0.544. The molecule has 0 aromatic carbocycles. The van der Waals surface area contributed by atoms with Gasteiger partial charge in [0.1, 0.15) is 4.88 Å². The molecule has 0 unspecified atom stereocenters. The van der Waals surface area contributed by atoms with Crippen molar-refractivity contribution < 1.29 is 9.53 Å². The maximum Gasteiger partial charge on any atom is 0.378 e. The predicted octanol–water partition coefficient (Wildman–Crippen LogP) is 0.500. The van der Waals surface area contributed by atoms with Crippen LogP contribution in [0, 0.1) is 0 Å². The zero-order chi connectivity index (χ0) is 10.7. The van der Waals surface area contributed by atoms with E-state index in [0.717, 1.165) is 4.88 Å². The number of nitrogens with zero attached hydrogens (tertiary/aromatic N) is 4. The molecule has 0 spiro atoms. The zero-order valence-corrected chi connectivity index (χ0v) is 8.61. The van der Waals surface area contributed by atoms with Crippen LogP contribution in [0.1, 0.15) is 17.5 Å². The van der Waals surface area contributed by atoms with Gasteiger partial charge in [-0.25, -0.2) is 9.78 Å². The van der Waals surface area contributed by atoms with Gasteiger partial charge >= 0.3 is 5.97 Å². The minimum Gasteiger partial charge on any atom is -0.460 e. The summed E-state index contributed by atoms with van der Waals surface area (Å²) >= 11 is 1.17. The maximum atomic E-state index is 11.2. The van der Waals surface area contributed by atoms with Gasteiger partial charge in [-0.1, -0.05) is 4.49 Å². The van der Waals surface area contributed by atoms with Gasteiger partial charge in [-0.2, -0.15) is 0 Å². The van der Waals surface area contributed by atoms with Crippen molar-refractivity contribution in [2.45, 2.75) is 6.92 Å². The van der Waals surface area contributed by atoms with E-state index in [1.54, 1.807) is 13.1 Å². The number of hydrogen-bond donors (Lipinski definition) is 1. The largest absolute Gasteiger partial charge is 0.460 e. The molecule has 0 amide bonds. The molecule has 0 saturated carbocycles. The molecule has 2 aromatic rings. The second-order valence-corrected chi connectivity index (χ2v) is 3.30. The second kappa shape index (κ2) is 4.13. The lowest BCUT2D eigenvalue weighted by Gasteiger charge is -1.93. The van der Waals surface area contributed by atoms with Gasteiger partial charge in [0.15, 0.2) is 5.82 Å². The van der Waals surface area contributed by atoms with Crippen LogP contribution in [0.4, 0.5) is 0 Å². The Morgan fingerprint density at radius 3 is 3.20 bits per heavy atom. The molecule has 1 N–H and O–H groups in total. The first kappa shape index (κ1) is 9.71. The van der Waals surface area contributed by atoms with E-state index in [2.05, 4.69) is 24.8 Å². The van der Waals surface area contributed by atoms with Crippen molar-refractivity contribution in [3.63, 3.8) is 0 Å². The summed E-state index contributed by atoms with van der Waals surface area (Å²) in [5, 5.41) is 10.0.